The lowest BCUT2D eigenvalue weighted by atomic mass is 10.1. The van der Waals surface area contributed by atoms with E-state index in [-0.39, 0.29) is 12.0 Å². The van der Waals surface area contributed by atoms with Gasteiger partial charge in [0.2, 0.25) is 5.91 Å². The van der Waals surface area contributed by atoms with Crippen molar-refractivity contribution in [3.8, 4) is 5.75 Å². The van der Waals surface area contributed by atoms with Crippen LogP contribution in [0.15, 0.2) is 29.3 Å². The van der Waals surface area contributed by atoms with Crippen molar-refractivity contribution < 1.29 is 9.53 Å². The van der Waals surface area contributed by atoms with Crippen LogP contribution >= 0.6 is 0 Å². The van der Waals surface area contributed by atoms with Gasteiger partial charge >= 0.3 is 0 Å². The van der Waals surface area contributed by atoms with Gasteiger partial charge in [-0.15, -0.1) is 0 Å². The largest absolute Gasteiger partial charge is 0.494 e. The second-order valence-corrected chi connectivity index (χ2v) is 7.36. The fraction of sp³-hybridized carbons (Fsp3) is 0.619. The van der Waals surface area contributed by atoms with Gasteiger partial charge in [-0.1, -0.05) is 31.0 Å². The Morgan fingerprint density at radius 1 is 1.26 bits per heavy atom. The maximum atomic E-state index is 12.6. The van der Waals surface area contributed by atoms with E-state index >= 15 is 0 Å². The Kier molecular flexibility index (Phi) is 6.96. The van der Waals surface area contributed by atoms with E-state index in [4.69, 9.17) is 4.74 Å². The molecule has 0 spiro atoms. The van der Waals surface area contributed by atoms with E-state index in [9.17, 15) is 4.79 Å². The van der Waals surface area contributed by atoms with Crippen molar-refractivity contribution in [3.05, 3.63) is 29.8 Å². The average Bonchev–Trinajstić information content (AvgIpc) is 3.38. The number of amides is 1. The van der Waals surface area contributed by atoms with Crippen molar-refractivity contribution in [1.29, 1.82) is 0 Å². The molecule has 1 aliphatic heterocycles. The van der Waals surface area contributed by atoms with Gasteiger partial charge in [0, 0.05) is 44.2 Å². The van der Waals surface area contributed by atoms with E-state index < -0.39 is 0 Å². The summed E-state index contributed by atoms with van der Waals surface area (Å²) in [5, 5.41) is 6.83. The molecule has 2 N–H and O–H groups in total. The molecule has 1 aromatic carbocycles. The molecule has 2 aliphatic rings. The zero-order chi connectivity index (χ0) is 19.1. The maximum Gasteiger partial charge on any atom is 0.225 e. The van der Waals surface area contributed by atoms with Gasteiger partial charge in [-0.25, -0.2) is 0 Å². The molecule has 0 aromatic heterocycles. The molecule has 1 saturated carbocycles. The molecule has 2 fully saturated rings. The Hall–Kier alpha value is -2.24. The van der Waals surface area contributed by atoms with Crippen molar-refractivity contribution >= 4 is 11.9 Å². The first kappa shape index (κ1) is 19.5. The van der Waals surface area contributed by atoms with E-state index in [1.54, 1.807) is 7.05 Å². The van der Waals surface area contributed by atoms with Gasteiger partial charge < -0.3 is 20.3 Å². The highest BCUT2D eigenvalue weighted by molar-refractivity contribution is 5.81. The number of hydrogen-bond acceptors (Lipinski definition) is 3. The molecule has 3 rings (SSSR count). The number of nitrogens with zero attached hydrogens (tertiary/aromatic N) is 2. The van der Waals surface area contributed by atoms with Gasteiger partial charge in [0.15, 0.2) is 5.96 Å². The predicted molar refractivity (Wildman–Crippen MR) is 108 cm³/mol. The first-order chi connectivity index (χ1) is 13.2. The zero-order valence-corrected chi connectivity index (χ0v) is 16.5. The minimum atomic E-state index is 0.253. The van der Waals surface area contributed by atoms with Crippen LogP contribution in [0.5, 0.6) is 5.75 Å². The number of ether oxygens (including phenoxy) is 1. The molecular formula is C21H32N4O2. The SMILES string of the molecule is CCOc1ccccc1CNC(=NC)NC1CCN(C(=O)C2CCCC2)C1. The van der Waals surface area contributed by atoms with Crippen LogP contribution in [0.1, 0.15) is 44.6 Å². The molecule has 0 radical (unpaired) electrons. The lowest BCUT2D eigenvalue weighted by Crippen LogP contribution is -2.45. The number of likely N-dealkylation sites (tertiary alicyclic amines) is 1. The first-order valence-electron chi connectivity index (χ1n) is 10.2. The van der Waals surface area contributed by atoms with Crippen LogP contribution in [-0.4, -0.2) is 49.6 Å². The molecule has 148 valence electrons. The normalized spacial score (nSPS) is 20.7. The highest BCUT2D eigenvalue weighted by Crippen LogP contribution is 2.27. The molecule has 6 nitrogen and oxygen atoms in total. The number of benzene rings is 1. The average molecular weight is 373 g/mol. The summed E-state index contributed by atoms with van der Waals surface area (Å²) in [5.74, 6) is 2.28. The summed E-state index contributed by atoms with van der Waals surface area (Å²) < 4.78 is 5.68. The Balaban J connectivity index is 1.49. The lowest BCUT2D eigenvalue weighted by molar-refractivity contribution is -0.134. The third-order valence-electron chi connectivity index (χ3n) is 5.49. The number of hydrogen-bond donors (Lipinski definition) is 2. The topological polar surface area (TPSA) is 66.0 Å². The third-order valence-corrected chi connectivity index (χ3v) is 5.49. The minimum Gasteiger partial charge on any atom is -0.494 e. The smallest absolute Gasteiger partial charge is 0.225 e. The molecule has 1 heterocycles. The summed E-state index contributed by atoms with van der Waals surface area (Å²) in [5.41, 5.74) is 1.10. The predicted octanol–water partition coefficient (Wildman–Crippen LogP) is 2.54. The molecule has 1 amide bonds. The van der Waals surface area contributed by atoms with E-state index in [1.165, 1.54) is 12.8 Å². The Morgan fingerprint density at radius 2 is 2.04 bits per heavy atom. The molecule has 27 heavy (non-hydrogen) atoms. The van der Waals surface area contributed by atoms with Crippen LogP contribution in [0.4, 0.5) is 0 Å². The van der Waals surface area contributed by atoms with E-state index in [0.717, 1.165) is 49.6 Å². The van der Waals surface area contributed by atoms with Gasteiger partial charge in [0.05, 0.1) is 6.61 Å². The van der Waals surface area contributed by atoms with Gasteiger partial charge in [0.25, 0.3) is 0 Å². The molecule has 1 saturated heterocycles. The van der Waals surface area contributed by atoms with Crippen molar-refractivity contribution in [2.24, 2.45) is 10.9 Å². The summed E-state index contributed by atoms with van der Waals surface area (Å²) in [6, 6.07) is 8.29. The number of carbonyl (C=O) groups is 1. The first-order valence-corrected chi connectivity index (χ1v) is 10.2. The molecular weight excluding hydrogens is 340 g/mol. The summed E-state index contributed by atoms with van der Waals surface area (Å²) >= 11 is 0. The number of guanidine groups is 1. The Labute approximate surface area is 162 Å². The number of rotatable bonds is 6. The van der Waals surface area contributed by atoms with E-state index in [0.29, 0.717) is 19.1 Å². The summed E-state index contributed by atoms with van der Waals surface area (Å²) in [6.45, 7) is 4.90. The zero-order valence-electron chi connectivity index (χ0n) is 16.5. The van der Waals surface area contributed by atoms with Gasteiger partial charge in [-0.2, -0.15) is 0 Å². The van der Waals surface area contributed by atoms with Crippen molar-refractivity contribution in [1.82, 2.24) is 15.5 Å². The summed E-state index contributed by atoms with van der Waals surface area (Å²) in [6.07, 6.45) is 5.50. The Bertz CT molecular complexity index is 655. The third kappa shape index (κ3) is 5.15. The van der Waals surface area contributed by atoms with Crippen LogP contribution in [0, 0.1) is 5.92 Å². The molecule has 1 aromatic rings. The van der Waals surface area contributed by atoms with Crippen molar-refractivity contribution in [2.45, 2.75) is 51.6 Å². The minimum absolute atomic E-state index is 0.253. The lowest BCUT2D eigenvalue weighted by Gasteiger charge is -2.21. The van der Waals surface area contributed by atoms with Gasteiger partial charge in [-0.3, -0.25) is 9.79 Å². The highest BCUT2D eigenvalue weighted by Gasteiger charge is 2.32. The van der Waals surface area contributed by atoms with Gasteiger partial charge in [0.1, 0.15) is 5.75 Å². The van der Waals surface area contributed by atoms with E-state index in [1.807, 2.05) is 30.0 Å². The quantitative estimate of drug-likeness (QED) is 0.595. The summed E-state index contributed by atoms with van der Waals surface area (Å²) in [4.78, 5) is 19.0. The van der Waals surface area contributed by atoms with Crippen LogP contribution < -0.4 is 15.4 Å². The number of nitrogens with one attached hydrogen (secondary N) is 2. The van der Waals surface area contributed by atoms with Crippen molar-refractivity contribution in [3.63, 3.8) is 0 Å². The molecule has 1 unspecified atom stereocenters. The molecule has 6 heteroatoms. The van der Waals surface area contributed by atoms with Crippen molar-refractivity contribution in [2.75, 3.05) is 26.7 Å². The van der Waals surface area contributed by atoms with Crippen LogP contribution in [0.2, 0.25) is 0 Å². The number of aliphatic imine (C=N–C) groups is 1. The van der Waals surface area contributed by atoms with Crippen LogP contribution in [-0.2, 0) is 11.3 Å². The fourth-order valence-electron chi connectivity index (χ4n) is 4.02. The Morgan fingerprint density at radius 3 is 2.78 bits per heavy atom. The standard InChI is InChI=1S/C21H32N4O2/c1-3-27-19-11-7-6-10-17(19)14-23-21(22-2)24-18-12-13-25(15-18)20(26)16-8-4-5-9-16/h6-7,10-11,16,18H,3-5,8-9,12-15H2,1-2H3,(H2,22,23,24). The maximum absolute atomic E-state index is 12.6. The molecule has 1 aliphatic carbocycles. The van der Waals surface area contributed by atoms with Gasteiger partial charge in [-0.05, 0) is 32.3 Å². The van der Waals surface area contributed by atoms with E-state index in [2.05, 4.69) is 21.7 Å². The molecule has 0 bridgehead atoms. The number of para-hydroxylation sites is 1. The second kappa shape index (κ2) is 9.62. The highest BCUT2D eigenvalue weighted by atomic mass is 16.5. The molecule has 1 atom stereocenters. The van der Waals surface area contributed by atoms with Crippen LogP contribution in [0.3, 0.4) is 0 Å². The second-order valence-electron chi connectivity index (χ2n) is 7.36. The summed E-state index contributed by atoms with van der Waals surface area (Å²) in [7, 11) is 1.78. The monoisotopic (exact) mass is 372 g/mol. The van der Waals surface area contributed by atoms with Crippen LogP contribution in [0.25, 0.3) is 0 Å². The number of carbonyl (C=O) groups excluding carboxylic acids is 1. The fourth-order valence-corrected chi connectivity index (χ4v) is 4.02.